The Bertz CT molecular complexity index is 880. The summed E-state index contributed by atoms with van der Waals surface area (Å²) in [6.45, 7) is 4.87. The fourth-order valence-electron chi connectivity index (χ4n) is 3.58. The van der Waals surface area contributed by atoms with E-state index >= 15 is 0 Å². The molecule has 0 unspecified atom stereocenters. The molecule has 0 aromatic heterocycles. The number of hydrogen-bond donors (Lipinski definition) is 0. The van der Waals surface area contributed by atoms with Crippen molar-refractivity contribution in [3.8, 4) is 22.3 Å². The van der Waals surface area contributed by atoms with Gasteiger partial charge in [-0.15, -0.1) is 0 Å². The Kier molecular flexibility index (Phi) is 3.03. The van der Waals surface area contributed by atoms with Crippen molar-refractivity contribution in [3.05, 3.63) is 71.8 Å². The van der Waals surface area contributed by atoms with Crippen LogP contribution in [0.1, 0.15) is 0 Å². The minimum atomic E-state index is -1.55. The van der Waals surface area contributed by atoms with Gasteiger partial charge in [-0.05, 0) is 39.2 Å². The molecule has 4 rings (SSSR count). The summed E-state index contributed by atoms with van der Waals surface area (Å²) < 4.78 is 0. The molecule has 0 N–H and O–H groups in total. The number of fused-ring (bicyclic) bond motifs is 3. The molecular formula is C20H17ClSi. The van der Waals surface area contributed by atoms with Crippen molar-refractivity contribution in [1.82, 2.24) is 0 Å². The maximum Gasteiger partial charge on any atom is 0.113 e. The van der Waals surface area contributed by atoms with E-state index in [1.54, 1.807) is 5.19 Å². The molecule has 3 aromatic carbocycles. The summed E-state index contributed by atoms with van der Waals surface area (Å²) in [5.74, 6) is 0. The van der Waals surface area contributed by atoms with Gasteiger partial charge in [0.1, 0.15) is 8.07 Å². The van der Waals surface area contributed by atoms with Crippen molar-refractivity contribution in [2.24, 2.45) is 0 Å². The molecule has 108 valence electrons. The molecular weight excluding hydrogens is 304 g/mol. The molecule has 0 radical (unpaired) electrons. The van der Waals surface area contributed by atoms with Crippen molar-refractivity contribution in [1.29, 1.82) is 0 Å². The van der Waals surface area contributed by atoms with Gasteiger partial charge in [0.2, 0.25) is 0 Å². The third-order valence-corrected chi connectivity index (χ3v) is 8.66. The Morgan fingerprint density at radius 2 is 1.32 bits per heavy atom. The van der Waals surface area contributed by atoms with Gasteiger partial charge >= 0.3 is 0 Å². The summed E-state index contributed by atoms with van der Waals surface area (Å²) in [6, 6.07) is 23.8. The van der Waals surface area contributed by atoms with Gasteiger partial charge in [-0.3, -0.25) is 0 Å². The Balaban J connectivity index is 1.97. The molecule has 0 bridgehead atoms. The van der Waals surface area contributed by atoms with E-state index in [9.17, 15) is 0 Å². The van der Waals surface area contributed by atoms with Gasteiger partial charge in [-0.1, -0.05) is 79.3 Å². The van der Waals surface area contributed by atoms with E-state index < -0.39 is 8.07 Å². The summed E-state index contributed by atoms with van der Waals surface area (Å²) in [5, 5.41) is 3.89. The molecule has 0 aliphatic carbocycles. The Hall–Kier alpha value is -1.83. The van der Waals surface area contributed by atoms with Gasteiger partial charge in [0.05, 0.1) is 0 Å². The summed E-state index contributed by atoms with van der Waals surface area (Å²) in [7, 11) is -1.55. The highest BCUT2D eigenvalue weighted by molar-refractivity contribution is 7.03. The lowest BCUT2D eigenvalue weighted by Crippen LogP contribution is -2.49. The normalized spacial score (nSPS) is 14.5. The van der Waals surface area contributed by atoms with Crippen LogP contribution in [-0.2, 0) is 0 Å². The van der Waals surface area contributed by atoms with Crippen LogP contribution in [0.15, 0.2) is 66.7 Å². The SMILES string of the molecule is C[Si]1(C)c2ccccc2-c2cc(-c3ccccc3Cl)ccc21. The summed E-state index contributed by atoms with van der Waals surface area (Å²) >= 11 is 6.37. The average Bonchev–Trinajstić information content (AvgIpc) is 2.76. The quantitative estimate of drug-likeness (QED) is 0.564. The molecule has 22 heavy (non-hydrogen) atoms. The van der Waals surface area contributed by atoms with E-state index in [0.29, 0.717) is 0 Å². The van der Waals surface area contributed by atoms with Crippen molar-refractivity contribution >= 4 is 30.0 Å². The van der Waals surface area contributed by atoms with Crippen LogP contribution in [0, 0.1) is 0 Å². The first-order chi connectivity index (χ1) is 10.6. The lowest BCUT2D eigenvalue weighted by atomic mass is 9.99. The van der Waals surface area contributed by atoms with E-state index in [1.807, 2.05) is 18.2 Å². The monoisotopic (exact) mass is 320 g/mol. The van der Waals surface area contributed by atoms with Crippen LogP contribution in [0.5, 0.6) is 0 Å². The van der Waals surface area contributed by atoms with Crippen LogP contribution in [0.3, 0.4) is 0 Å². The van der Waals surface area contributed by atoms with Gasteiger partial charge in [0, 0.05) is 10.6 Å². The molecule has 1 heterocycles. The lowest BCUT2D eigenvalue weighted by molar-refractivity contribution is 1.63. The summed E-state index contributed by atoms with van der Waals surface area (Å²) in [5.41, 5.74) is 5.11. The Labute approximate surface area is 137 Å². The largest absolute Gasteiger partial charge is 0.113 e. The second-order valence-corrected chi connectivity index (χ2v) is 11.1. The van der Waals surface area contributed by atoms with Gasteiger partial charge in [-0.2, -0.15) is 0 Å². The minimum Gasteiger partial charge on any atom is -0.0837 e. The highest BCUT2D eigenvalue weighted by atomic mass is 35.5. The van der Waals surface area contributed by atoms with E-state index in [1.165, 1.54) is 21.9 Å². The highest BCUT2D eigenvalue weighted by Crippen LogP contribution is 2.34. The van der Waals surface area contributed by atoms with Crippen molar-refractivity contribution in [2.45, 2.75) is 13.1 Å². The second-order valence-electron chi connectivity index (χ2n) is 6.41. The summed E-state index contributed by atoms with van der Waals surface area (Å²) in [4.78, 5) is 0. The van der Waals surface area contributed by atoms with Gasteiger partial charge in [0.25, 0.3) is 0 Å². The van der Waals surface area contributed by atoms with Crippen LogP contribution < -0.4 is 10.4 Å². The predicted molar refractivity (Wildman–Crippen MR) is 99.1 cm³/mol. The molecule has 2 heteroatoms. The summed E-state index contributed by atoms with van der Waals surface area (Å²) in [6.07, 6.45) is 0. The number of benzene rings is 3. The maximum absolute atomic E-state index is 6.37. The van der Waals surface area contributed by atoms with Crippen molar-refractivity contribution < 1.29 is 0 Å². The molecule has 0 fully saturated rings. The third-order valence-electron chi connectivity index (χ3n) is 4.77. The molecule has 0 nitrogen and oxygen atoms in total. The van der Waals surface area contributed by atoms with E-state index in [0.717, 1.165) is 10.6 Å². The smallest absolute Gasteiger partial charge is 0.0837 e. The Morgan fingerprint density at radius 1 is 0.682 bits per heavy atom. The van der Waals surface area contributed by atoms with Gasteiger partial charge in [0.15, 0.2) is 0 Å². The van der Waals surface area contributed by atoms with Crippen LogP contribution in [-0.4, -0.2) is 8.07 Å². The van der Waals surface area contributed by atoms with Crippen LogP contribution in [0.4, 0.5) is 0 Å². The zero-order valence-corrected chi connectivity index (χ0v) is 14.5. The first-order valence-electron chi connectivity index (χ1n) is 7.58. The molecule has 0 saturated carbocycles. The van der Waals surface area contributed by atoms with Gasteiger partial charge < -0.3 is 0 Å². The fraction of sp³-hybridized carbons (Fsp3) is 0.100. The molecule has 0 atom stereocenters. The highest BCUT2D eigenvalue weighted by Gasteiger charge is 2.37. The van der Waals surface area contributed by atoms with E-state index in [2.05, 4.69) is 61.6 Å². The standard InChI is InChI=1S/C20H17ClSi/c1-22(2)19-10-6-4-8-16(19)17-13-14(11-12-20(17)22)15-7-3-5-9-18(15)21/h3-13H,1-2H3. The topological polar surface area (TPSA) is 0 Å². The average molecular weight is 321 g/mol. The van der Waals surface area contributed by atoms with E-state index in [4.69, 9.17) is 11.6 Å². The zero-order chi connectivity index (χ0) is 15.3. The molecule has 1 aliphatic rings. The molecule has 3 aromatic rings. The molecule has 0 amide bonds. The van der Waals surface area contributed by atoms with Crippen LogP contribution >= 0.6 is 11.6 Å². The number of rotatable bonds is 1. The van der Waals surface area contributed by atoms with Crippen LogP contribution in [0.2, 0.25) is 18.1 Å². The zero-order valence-electron chi connectivity index (χ0n) is 12.7. The maximum atomic E-state index is 6.37. The fourth-order valence-corrected chi connectivity index (χ4v) is 6.90. The second kappa shape index (κ2) is 4.84. The molecule has 1 aliphatic heterocycles. The third kappa shape index (κ3) is 1.89. The van der Waals surface area contributed by atoms with Crippen LogP contribution in [0.25, 0.3) is 22.3 Å². The number of halogens is 1. The molecule has 0 spiro atoms. The molecule has 0 saturated heterocycles. The predicted octanol–water partition coefficient (Wildman–Crippen LogP) is 4.81. The Morgan fingerprint density at radius 3 is 2.09 bits per heavy atom. The van der Waals surface area contributed by atoms with Gasteiger partial charge in [-0.25, -0.2) is 0 Å². The first kappa shape index (κ1) is 13.8. The van der Waals surface area contributed by atoms with Crippen molar-refractivity contribution in [2.75, 3.05) is 0 Å². The minimum absolute atomic E-state index is 0.810. The first-order valence-corrected chi connectivity index (χ1v) is 11.0. The van der Waals surface area contributed by atoms with E-state index in [-0.39, 0.29) is 0 Å². The lowest BCUT2D eigenvalue weighted by Gasteiger charge is -2.18. The number of hydrogen-bond acceptors (Lipinski definition) is 0. The van der Waals surface area contributed by atoms with Crippen molar-refractivity contribution in [3.63, 3.8) is 0 Å².